The van der Waals surface area contributed by atoms with Crippen LogP contribution in [0.4, 0.5) is 0 Å². The number of benzene rings is 1. The fourth-order valence-corrected chi connectivity index (χ4v) is 4.15. The molecule has 0 radical (unpaired) electrons. The molecule has 6 heteroatoms. The molecule has 1 aliphatic carbocycles. The minimum Gasteiger partial charge on any atom is -0.392 e. The number of hydrogen-bond donors (Lipinski definition) is 2. The lowest BCUT2D eigenvalue weighted by Gasteiger charge is -2.55. The van der Waals surface area contributed by atoms with Crippen molar-refractivity contribution < 1.29 is 15.0 Å². The van der Waals surface area contributed by atoms with E-state index in [1.807, 2.05) is 37.3 Å². The number of carbonyl (C=O) groups excluding carboxylic acids is 1. The average molecular weight is 353 g/mol. The third-order valence-corrected chi connectivity index (χ3v) is 5.94. The largest absolute Gasteiger partial charge is 0.392 e. The summed E-state index contributed by atoms with van der Waals surface area (Å²) in [6, 6.07) is 9.64. The van der Waals surface area contributed by atoms with Gasteiger partial charge in [0.15, 0.2) is 0 Å². The molecule has 1 aliphatic heterocycles. The molecule has 1 saturated heterocycles. The van der Waals surface area contributed by atoms with Gasteiger partial charge in [-0.05, 0) is 19.8 Å². The summed E-state index contributed by atoms with van der Waals surface area (Å²) in [5.41, 5.74) is 1.60. The van der Waals surface area contributed by atoms with Gasteiger partial charge in [0, 0.05) is 36.7 Å². The maximum Gasteiger partial charge on any atom is 0.257 e. The molecule has 1 amide bonds. The molecule has 26 heavy (non-hydrogen) atoms. The maximum absolute atomic E-state index is 13.1. The van der Waals surface area contributed by atoms with Crippen molar-refractivity contribution in [2.24, 2.45) is 5.41 Å². The second-order valence-corrected chi connectivity index (χ2v) is 7.34. The Hall–Kier alpha value is -2.31. The van der Waals surface area contributed by atoms with Crippen LogP contribution >= 0.6 is 0 Å². The third kappa shape index (κ3) is 2.70. The van der Waals surface area contributed by atoms with Crippen molar-refractivity contribution in [1.29, 1.82) is 0 Å². The molecule has 2 unspecified atom stereocenters. The van der Waals surface area contributed by atoms with Gasteiger partial charge in [0.25, 0.3) is 5.91 Å². The zero-order valence-corrected chi connectivity index (χ0v) is 14.8. The highest BCUT2D eigenvalue weighted by molar-refractivity contribution is 5.99. The third-order valence-electron chi connectivity index (χ3n) is 5.94. The van der Waals surface area contributed by atoms with Gasteiger partial charge in [-0.2, -0.15) is 0 Å². The van der Waals surface area contributed by atoms with Crippen LogP contribution in [-0.2, 0) is 0 Å². The van der Waals surface area contributed by atoms with Crippen molar-refractivity contribution >= 4 is 5.91 Å². The number of rotatable bonds is 2. The number of likely N-dealkylation sites (tertiary alicyclic amines) is 1. The van der Waals surface area contributed by atoms with Crippen molar-refractivity contribution in [3.8, 4) is 11.3 Å². The predicted octanol–water partition coefficient (Wildman–Crippen LogP) is 1.80. The summed E-state index contributed by atoms with van der Waals surface area (Å²) in [6.45, 7) is 2.86. The highest BCUT2D eigenvalue weighted by atomic mass is 16.3. The fraction of sp³-hybridized carbons (Fsp3) is 0.450. The van der Waals surface area contributed by atoms with Gasteiger partial charge in [-0.25, -0.2) is 9.97 Å². The normalized spacial score (nSPS) is 24.3. The number of aryl methyl sites for hydroxylation is 1. The quantitative estimate of drug-likeness (QED) is 0.860. The van der Waals surface area contributed by atoms with Gasteiger partial charge in [-0.3, -0.25) is 4.79 Å². The van der Waals surface area contributed by atoms with Crippen molar-refractivity contribution in [2.75, 3.05) is 13.1 Å². The van der Waals surface area contributed by atoms with Crippen molar-refractivity contribution in [3.63, 3.8) is 0 Å². The summed E-state index contributed by atoms with van der Waals surface area (Å²) in [6.07, 6.45) is 2.36. The van der Waals surface area contributed by atoms with E-state index < -0.39 is 17.6 Å². The number of aromatic nitrogens is 2. The van der Waals surface area contributed by atoms with Gasteiger partial charge >= 0.3 is 0 Å². The second kappa shape index (κ2) is 6.45. The molecule has 2 N–H and O–H groups in total. The van der Waals surface area contributed by atoms with Crippen molar-refractivity contribution in [2.45, 2.75) is 38.4 Å². The number of aliphatic hydroxyl groups is 2. The Kier molecular flexibility index (Phi) is 4.25. The number of aliphatic hydroxyl groups excluding tert-OH is 2. The van der Waals surface area contributed by atoms with Gasteiger partial charge in [-0.1, -0.05) is 30.3 Å². The zero-order chi connectivity index (χ0) is 18.3. The maximum atomic E-state index is 13.1. The van der Waals surface area contributed by atoms with E-state index >= 15 is 0 Å². The Morgan fingerprint density at radius 2 is 1.81 bits per heavy atom. The summed E-state index contributed by atoms with van der Waals surface area (Å²) >= 11 is 0. The lowest BCUT2D eigenvalue weighted by atomic mass is 9.58. The number of amides is 1. The molecule has 2 aliphatic rings. The molecule has 2 aromatic rings. The van der Waals surface area contributed by atoms with Crippen LogP contribution in [0.1, 0.15) is 35.4 Å². The first-order valence-corrected chi connectivity index (χ1v) is 9.06. The summed E-state index contributed by atoms with van der Waals surface area (Å²) in [4.78, 5) is 23.6. The van der Waals surface area contributed by atoms with Gasteiger partial charge in [0.1, 0.15) is 5.82 Å². The topological polar surface area (TPSA) is 86.6 Å². The Labute approximate surface area is 152 Å². The number of piperidine rings is 1. The standard InChI is InChI=1S/C20H23N3O3/c1-13-21-12-15(18(22-13)14-5-3-2-4-6-14)19(26)23-9-7-20(8-10-23)16(24)11-17(20)25/h2-6,12,16-17,24-25H,7-11H2,1H3. The van der Waals surface area contributed by atoms with E-state index in [0.29, 0.717) is 49.4 Å². The van der Waals surface area contributed by atoms with E-state index in [1.54, 1.807) is 11.1 Å². The molecule has 1 aromatic heterocycles. The molecule has 1 saturated carbocycles. The summed E-state index contributed by atoms with van der Waals surface area (Å²) in [5.74, 6) is 0.528. The van der Waals surface area contributed by atoms with E-state index in [0.717, 1.165) is 5.56 Å². The first-order valence-electron chi connectivity index (χ1n) is 9.06. The molecular weight excluding hydrogens is 330 g/mol. The molecule has 2 atom stereocenters. The summed E-state index contributed by atoms with van der Waals surface area (Å²) in [7, 11) is 0. The Balaban J connectivity index is 1.58. The zero-order valence-electron chi connectivity index (χ0n) is 14.8. The van der Waals surface area contributed by atoms with Crippen LogP contribution in [0.15, 0.2) is 36.5 Å². The highest BCUT2D eigenvalue weighted by Crippen LogP contribution is 2.49. The monoisotopic (exact) mass is 353 g/mol. The lowest BCUT2D eigenvalue weighted by molar-refractivity contribution is -0.187. The van der Waals surface area contributed by atoms with Crippen LogP contribution in [0, 0.1) is 12.3 Å². The summed E-state index contributed by atoms with van der Waals surface area (Å²) < 4.78 is 0. The van der Waals surface area contributed by atoms with Gasteiger partial charge < -0.3 is 15.1 Å². The van der Waals surface area contributed by atoms with E-state index in [2.05, 4.69) is 9.97 Å². The van der Waals surface area contributed by atoms with Crippen LogP contribution in [-0.4, -0.2) is 56.3 Å². The average Bonchev–Trinajstić information content (AvgIpc) is 2.68. The lowest BCUT2D eigenvalue weighted by Crippen LogP contribution is -2.61. The highest BCUT2D eigenvalue weighted by Gasteiger charge is 2.55. The molecule has 6 nitrogen and oxygen atoms in total. The van der Waals surface area contributed by atoms with Gasteiger partial charge in [0.2, 0.25) is 0 Å². The number of nitrogens with zero attached hydrogens (tertiary/aromatic N) is 3. The SMILES string of the molecule is Cc1ncc(C(=O)N2CCC3(CC2)C(O)CC3O)c(-c2ccccc2)n1. The van der Waals surface area contributed by atoms with E-state index in [-0.39, 0.29) is 5.91 Å². The Bertz CT molecular complexity index is 806. The van der Waals surface area contributed by atoms with Crippen molar-refractivity contribution in [1.82, 2.24) is 14.9 Å². The fourth-order valence-electron chi connectivity index (χ4n) is 4.15. The van der Waals surface area contributed by atoms with Gasteiger partial charge in [0.05, 0.1) is 23.5 Å². The van der Waals surface area contributed by atoms with Crippen LogP contribution < -0.4 is 0 Å². The van der Waals surface area contributed by atoms with Crippen LogP contribution in [0.5, 0.6) is 0 Å². The molecule has 0 bridgehead atoms. The molecule has 4 rings (SSSR count). The number of carbonyl (C=O) groups is 1. The Morgan fingerprint density at radius 1 is 1.15 bits per heavy atom. The molecular formula is C20H23N3O3. The summed E-state index contributed by atoms with van der Waals surface area (Å²) in [5, 5.41) is 20.2. The first-order chi connectivity index (χ1) is 12.5. The van der Waals surface area contributed by atoms with Gasteiger partial charge in [-0.15, -0.1) is 0 Å². The van der Waals surface area contributed by atoms with Crippen LogP contribution in [0.2, 0.25) is 0 Å². The predicted molar refractivity (Wildman–Crippen MR) is 96.4 cm³/mol. The van der Waals surface area contributed by atoms with Crippen LogP contribution in [0.25, 0.3) is 11.3 Å². The molecule has 2 fully saturated rings. The molecule has 1 spiro atoms. The molecule has 1 aromatic carbocycles. The number of hydrogen-bond acceptors (Lipinski definition) is 5. The molecule has 136 valence electrons. The van der Waals surface area contributed by atoms with Crippen LogP contribution in [0.3, 0.4) is 0 Å². The van der Waals surface area contributed by atoms with Crippen molar-refractivity contribution in [3.05, 3.63) is 47.9 Å². The minimum atomic E-state index is -0.461. The first kappa shape index (κ1) is 17.1. The Morgan fingerprint density at radius 3 is 2.42 bits per heavy atom. The van der Waals surface area contributed by atoms with E-state index in [9.17, 15) is 15.0 Å². The minimum absolute atomic E-state index is 0.0954. The molecule has 2 heterocycles. The van der Waals surface area contributed by atoms with E-state index in [4.69, 9.17) is 0 Å². The second-order valence-electron chi connectivity index (χ2n) is 7.34. The smallest absolute Gasteiger partial charge is 0.257 e. The van der Waals surface area contributed by atoms with E-state index in [1.165, 1.54) is 0 Å².